The minimum absolute atomic E-state index is 0.0134. The molecule has 1 heterocycles. The molecule has 3 atom stereocenters. The lowest BCUT2D eigenvalue weighted by atomic mass is 9.98. The van der Waals surface area contributed by atoms with Crippen LogP contribution in [0, 0.1) is 5.92 Å². The van der Waals surface area contributed by atoms with Gasteiger partial charge >= 0.3 is 12.1 Å². The van der Waals surface area contributed by atoms with Crippen molar-refractivity contribution in [3.8, 4) is 11.1 Å². The van der Waals surface area contributed by atoms with Gasteiger partial charge in [-0.05, 0) is 53.9 Å². The molecule has 1 saturated carbocycles. The number of likely N-dealkylation sites (tertiary alicyclic amines) is 1. The lowest BCUT2D eigenvalue weighted by molar-refractivity contribution is -0.155. The highest BCUT2D eigenvalue weighted by Crippen LogP contribution is 2.54. The van der Waals surface area contributed by atoms with E-state index in [-0.39, 0.29) is 24.3 Å². The zero-order chi connectivity index (χ0) is 23.9. The van der Waals surface area contributed by atoms with E-state index in [0.29, 0.717) is 25.8 Å². The molecule has 0 aromatic heterocycles. The predicted octanol–water partition coefficient (Wildman–Crippen LogP) is 4.16. The number of carbonyl (C=O) groups is 3. The van der Waals surface area contributed by atoms with Crippen LogP contribution >= 0.6 is 0 Å². The molecule has 5 rings (SSSR count). The van der Waals surface area contributed by atoms with Gasteiger partial charge in [-0.25, -0.2) is 9.59 Å². The van der Waals surface area contributed by atoms with Gasteiger partial charge in [-0.1, -0.05) is 61.9 Å². The lowest BCUT2D eigenvalue weighted by Crippen LogP contribution is -2.57. The number of alkyl carbamates (subject to hydrolysis) is 1. The molecule has 7 nitrogen and oxygen atoms in total. The number of amides is 2. The number of hydrogen-bond acceptors (Lipinski definition) is 4. The number of rotatable bonds is 7. The van der Waals surface area contributed by atoms with Crippen LogP contribution in [-0.2, 0) is 14.3 Å². The van der Waals surface area contributed by atoms with Crippen LogP contribution in [0.2, 0.25) is 0 Å². The first-order valence-electron chi connectivity index (χ1n) is 12.1. The van der Waals surface area contributed by atoms with Gasteiger partial charge in [0, 0.05) is 12.5 Å². The van der Waals surface area contributed by atoms with E-state index in [1.807, 2.05) is 31.2 Å². The lowest BCUT2D eigenvalue weighted by Gasteiger charge is -2.36. The summed E-state index contributed by atoms with van der Waals surface area (Å²) in [6.07, 6.45) is 2.57. The molecule has 7 heteroatoms. The number of ether oxygens (including phenoxy) is 1. The molecule has 1 aliphatic heterocycles. The Bertz CT molecular complexity index is 1090. The summed E-state index contributed by atoms with van der Waals surface area (Å²) in [7, 11) is 0. The molecule has 0 spiro atoms. The van der Waals surface area contributed by atoms with E-state index in [0.717, 1.165) is 35.1 Å². The smallest absolute Gasteiger partial charge is 0.407 e. The highest BCUT2D eigenvalue weighted by Gasteiger charge is 2.67. The third-order valence-electron chi connectivity index (χ3n) is 7.64. The Morgan fingerprint density at radius 1 is 1.12 bits per heavy atom. The van der Waals surface area contributed by atoms with Crippen LogP contribution in [0.1, 0.15) is 56.1 Å². The number of aliphatic carboxylic acids is 1. The van der Waals surface area contributed by atoms with Crippen molar-refractivity contribution in [2.45, 2.75) is 56.5 Å². The molecular weight excluding hydrogens is 432 g/mol. The van der Waals surface area contributed by atoms with E-state index in [1.54, 1.807) is 0 Å². The second-order valence-corrected chi connectivity index (χ2v) is 9.57. The zero-order valence-corrected chi connectivity index (χ0v) is 19.3. The third kappa shape index (κ3) is 3.63. The molecule has 2 aromatic carbocycles. The molecule has 2 N–H and O–H groups in total. The Kier molecular flexibility index (Phi) is 5.80. The van der Waals surface area contributed by atoms with Gasteiger partial charge < -0.3 is 20.1 Å². The number of hydrogen-bond donors (Lipinski definition) is 2. The number of carbonyl (C=O) groups excluding carboxylic acids is 2. The average Bonchev–Trinajstić information content (AvgIpc) is 3.53. The SMILES string of the molecule is CCC[C@@H](NC(=O)OCC1c2ccccc2-c2ccccc21)C(=O)N1CCC[C@H]2C[C@]21C(=O)O. The molecule has 2 amide bonds. The fraction of sp³-hybridized carbons (Fsp3) is 0.444. The molecule has 0 radical (unpaired) electrons. The fourth-order valence-corrected chi connectivity index (χ4v) is 5.88. The van der Waals surface area contributed by atoms with Gasteiger partial charge in [0.05, 0.1) is 0 Å². The Balaban J connectivity index is 1.27. The summed E-state index contributed by atoms with van der Waals surface area (Å²) in [6.45, 7) is 2.51. The van der Waals surface area contributed by atoms with Gasteiger partial charge in [-0.15, -0.1) is 0 Å². The van der Waals surface area contributed by atoms with E-state index in [2.05, 4.69) is 29.6 Å². The summed E-state index contributed by atoms with van der Waals surface area (Å²) in [5.41, 5.74) is 3.44. The number of piperidine rings is 1. The predicted molar refractivity (Wildman–Crippen MR) is 126 cm³/mol. The summed E-state index contributed by atoms with van der Waals surface area (Å²) >= 11 is 0. The minimum Gasteiger partial charge on any atom is -0.479 e. The van der Waals surface area contributed by atoms with Gasteiger partial charge in [0.15, 0.2) is 0 Å². The van der Waals surface area contributed by atoms with E-state index < -0.39 is 23.6 Å². The van der Waals surface area contributed by atoms with Crippen LogP contribution in [-0.4, -0.2) is 52.7 Å². The number of nitrogens with zero attached hydrogens (tertiary/aromatic N) is 1. The number of nitrogens with one attached hydrogen (secondary N) is 1. The van der Waals surface area contributed by atoms with Crippen molar-refractivity contribution in [2.24, 2.45) is 5.92 Å². The molecule has 2 aromatic rings. The van der Waals surface area contributed by atoms with Gasteiger partial charge in [0.25, 0.3) is 0 Å². The maximum absolute atomic E-state index is 13.4. The Morgan fingerprint density at radius 2 is 1.76 bits per heavy atom. The first-order valence-corrected chi connectivity index (χ1v) is 12.1. The summed E-state index contributed by atoms with van der Waals surface area (Å²) in [4.78, 5) is 39.6. The van der Waals surface area contributed by atoms with Gasteiger partial charge in [0.1, 0.15) is 18.2 Å². The number of carboxylic acid groups (broad SMARTS) is 1. The summed E-state index contributed by atoms with van der Waals surface area (Å²) in [5.74, 6) is -1.32. The van der Waals surface area contributed by atoms with Crippen LogP contribution in [0.25, 0.3) is 11.1 Å². The van der Waals surface area contributed by atoms with Crippen molar-refractivity contribution in [1.82, 2.24) is 10.2 Å². The summed E-state index contributed by atoms with van der Waals surface area (Å²) < 4.78 is 5.63. The fourth-order valence-electron chi connectivity index (χ4n) is 5.88. The van der Waals surface area contributed by atoms with E-state index in [4.69, 9.17) is 4.74 Å². The van der Waals surface area contributed by atoms with Crippen LogP contribution in [0.15, 0.2) is 48.5 Å². The average molecular weight is 463 g/mol. The highest BCUT2D eigenvalue weighted by molar-refractivity contribution is 5.94. The van der Waals surface area contributed by atoms with E-state index in [1.165, 1.54) is 4.90 Å². The monoisotopic (exact) mass is 462 g/mol. The third-order valence-corrected chi connectivity index (χ3v) is 7.64. The van der Waals surface area contributed by atoms with Gasteiger partial charge in [-0.2, -0.15) is 0 Å². The molecule has 1 saturated heterocycles. The summed E-state index contributed by atoms with van der Waals surface area (Å²) in [6, 6.07) is 15.4. The van der Waals surface area contributed by atoms with Crippen molar-refractivity contribution in [1.29, 1.82) is 0 Å². The molecule has 2 aliphatic carbocycles. The molecule has 34 heavy (non-hydrogen) atoms. The van der Waals surface area contributed by atoms with Crippen LogP contribution in [0.4, 0.5) is 4.79 Å². The van der Waals surface area contributed by atoms with Gasteiger partial charge in [-0.3, -0.25) is 4.79 Å². The maximum Gasteiger partial charge on any atom is 0.407 e. The first-order chi connectivity index (χ1) is 16.5. The quantitative estimate of drug-likeness (QED) is 0.644. The first kappa shape index (κ1) is 22.4. The van der Waals surface area contributed by atoms with Crippen molar-refractivity contribution >= 4 is 18.0 Å². The second-order valence-electron chi connectivity index (χ2n) is 9.57. The molecule has 2 fully saturated rings. The normalized spacial score (nSPS) is 23.3. The van der Waals surface area contributed by atoms with E-state index in [9.17, 15) is 19.5 Å². The topological polar surface area (TPSA) is 95.9 Å². The van der Waals surface area contributed by atoms with Crippen LogP contribution in [0.3, 0.4) is 0 Å². The Morgan fingerprint density at radius 3 is 2.38 bits per heavy atom. The molecule has 178 valence electrons. The van der Waals surface area contributed by atoms with Gasteiger partial charge in [0.2, 0.25) is 5.91 Å². The summed E-state index contributed by atoms with van der Waals surface area (Å²) in [5, 5.41) is 12.5. The van der Waals surface area contributed by atoms with Crippen molar-refractivity contribution in [3.05, 3.63) is 59.7 Å². The Hall–Kier alpha value is -3.35. The number of benzene rings is 2. The molecule has 0 unspecified atom stereocenters. The molecular formula is C27H30N2O5. The van der Waals surface area contributed by atoms with E-state index >= 15 is 0 Å². The standard InChI is InChI=1S/C27H30N2O5/c1-2-8-23(24(30)29-14-7-9-17-15-27(17,29)25(31)32)28-26(33)34-16-22-20-12-5-3-10-18(20)19-11-4-6-13-21(19)22/h3-6,10-13,17,22-23H,2,7-9,14-16H2,1H3,(H,28,33)(H,31,32)/t17-,23+,27+/m0/s1. The minimum atomic E-state index is -1.09. The molecule has 3 aliphatic rings. The number of carboxylic acids is 1. The van der Waals surface area contributed by atoms with Crippen molar-refractivity contribution in [3.63, 3.8) is 0 Å². The van der Waals surface area contributed by atoms with Crippen molar-refractivity contribution in [2.75, 3.05) is 13.2 Å². The maximum atomic E-state index is 13.4. The van der Waals surface area contributed by atoms with Crippen LogP contribution < -0.4 is 5.32 Å². The number of fused-ring (bicyclic) bond motifs is 4. The van der Waals surface area contributed by atoms with Crippen LogP contribution in [0.5, 0.6) is 0 Å². The largest absolute Gasteiger partial charge is 0.479 e. The molecule has 0 bridgehead atoms. The second kappa shape index (κ2) is 8.78. The van der Waals surface area contributed by atoms with Crippen molar-refractivity contribution < 1.29 is 24.2 Å². The highest BCUT2D eigenvalue weighted by atomic mass is 16.5. The Labute approximate surface area is 199 Å². The zero-order valence-electron chi connectivity index (χ0n) is 19.3.